The van der Waals surface area contributed by atoms with E-state index in [1.165, 1.54) is 0 Å². The molecule has 0 spiro atoms. The second-order valence-electron chi connectivity index (χ2n) is 4.52. The van der Waals surface area contributed by atoms with Gasteiger partial charge in [-0.1, -0.05) is 42.2 Å². The van der Waals surface area contributed by atoms with E-state index in [4.69, 9.17) is 0 Å². The van der Waals surface area contributed by atoms with Gasteiger partial charge in [0.25, 0.3) is 0 Å². The van der Waals surface area contributed by atoms with E-state index in [9.17, 15) is 5.11 Å². The average Bonchev–Trinajstić information content (AvgIpc) is 2.46. The third-order valence-electron chi connectivity index (χ3n) is 2.85. The smallest absolute Gasteiger partial charge is 0.140 e. The van der Waals surface area contributed by atoms with E-state index in [1.54, 1.807) is 0 Å². The van der Waals surface area contributed by atoms with E-state index >= 15 is 0 Å². The molecule has 0 saturated heterocycles. The van der Waals surface area contributed by atoms with Crippen molar-refractivity contribution in [2.45, 2.75) is 6.10 Å². The van der Waals surface area contributed by atoms with Crippen molar-refractivity contribution < 1.29 is 5.11 Å². The number of aliphatic hydroxyl groups is 1. The molecule has 0 radical (unpaired) electrons. The summed E-state index contributed by atoms with van der Waals surface area (Å²) < 4.78 is 0. The van der Waals surface area contributed by atoms with Gasteiger partial charge in [0.1, 0.15) is 6.10 Å². The highest BCUT2D eigenvalue weighted by molar-refractivity contribution is 5.47. The lowest BCUT2D eigenvalue weighted by Gasteiger charge is -2.13. The normalized spacial score (nSPS) is 11.3. The van der Waals surface area contributed by atoms with E-state index in [0.29, 0.717) is 0 Å². The van der Waals surface area contributed by atoms with Crippen molar-refractivity contribution in [1.82, 2.24) is 0 Å². The lowest BCUT2D eigenvalue weighted by molar-refractivity contribution is 0.238. The van der Waals surface area contributed by atoms with Gasteiger partial charge < -0.3 is 10.0 Å². The van der Waals surface area contributed by atoms with Gasteiger partial charge in [-0.05, 0) is 29.8 Å². The van der Waals surface area contributed by atoms with Crippen molar-refractivity contribution in [2.24, 2.45) is 0 Å². The predicted octanol–water partition coefficient (Wildman–Crippen LogP) is 2.84. The molecule has 0 saturated carbocycles. The molecule has 0 aliphatic rings. The van der Waals surface area contributed by atoms with E-state index in [-0.39, 0.29) is 0 Å². The molecular formula is C17H17NO. The molecule has 2 aromatic carbocycles. The minimum absolute atomic E-state index is 0.753. The lowest BCUT2D eigenvalue weighted by Crippen LogP contribution is -2.08. The molecule has 19 heavy (non-hydrogen) atoms. The van der Waals surface area contributed by atoms with Gasteiger partial charge in [-0.15, -0.1) is 0 Å². The maximum absolute atomic E-state index is 10.0. The third-order valence-corrected chi connectivity index (χ3v) is 2.85. The quantitative estimate of drug-likeness (QED) is 0.830. The highest BCUT2D eigenvalue weighted by atomic mass is 16.3. The van der Waals surface area contributed by atoms with Crippen molar-refractivity contribution >= 4 is 5.69 Å². The summed E-state index contributed by atoms with van der Waals surface area (Å²) in [5.41, 5.74) is 2.83. The minimum Gasteiger partial charge on any atom is -0.378 e. The third kappa shape index (κ3) is 3.61. The van der Waals surface area contributed by atoms with Crippen LogP contribution < -0.4 is 4.90 Å². The van der Waals surface area contributed by atoms with Crippen LogP contribution in [0.4, 0.5) is 5.69 Å². The van der Waals surface area contributed by atoms with Gasteiger partial charge in [-0.2, -0.15) is 0 Å². The first kappa shape index (κ1) is 13.2. The SMILES string of the molecule is CN(C)c1ccc([C@@H](O)C#Cc2ccccc2)cc1. The molecule has 2 aromatic rings. The van der Waals surface area contributed by atoms with Crippen LogP contribution in [0.2, 0.25) is 0 Å². The van der Waals surface area contributed by atoms with Crippen LogP contribution in [-0.4, -0.2) is 19.2 Å². The van der Waals surface area contributed by atoms with Crippen LogP contribution in [-0.2, 0) is 0 Å². The first-order valence-corrected chi connectivity index (χ1v) is 6.19. The number of rotatable bonds is 2. The van der Waals surface area contributed by atoms with E-state index in [0.717, 1.165) is 16.8 Å². The molecule has 0 unspecified atom stereocenters. The van der Waals surface area contributed by atoms with Gasteiger partial charge in [0, 0.05) is 25.3 Å². The average molecular weight is 251 g/mol. The van der Waals surface area contributed by atoms with E-state index < -0.39 is 6.10 Å². The molecule has 0 bridgehead atoms. The topological polar surface area (TPSA) is 23.5 Å². The molecule has 1 N–H and O–H groups in total. The first-order valence-electron chi connectivity index (χ1n) is 6.19. The Balaban J connectivity index is 2.12. The molecular weight excluding hydrogens is 234 g/mol. The number of hydrogen-bond acceptors (Lipinski definition) is 2. The molecule has 0 fully saturated rings. The number of aliphatic hydroxyl groups excluding tert-OH is 1. The van der Waals surface area contributed by atoms with Gasteiger partial charge in [-0.3, -0.25) is 0 Å². The summed E-state index contributed by atoms with van der Waals surface area (Å²) in [5, 5.41) is 10.0. The van der Waals surface area contributed by atoms with E-state index in [2.05, 4.69) is 11.8 Å². The second kappa shape index (κ2) is 6.08. The number of benzene rings is 2. The van der Waals surface area contributed by atoms with Gasteiger partial charge in [0.2, 0.25) is 0 Å². The Labute approximate surface area is 114 Å². The van der Waals surface area contributed by atoms with Crippen LogP contribution in [0.5, 0.6) is 0 Å². The zero-order chi connectivity index (χ0) is 13.7. The largest absolute Gasteiger partial charge is 0.378 e. The summed E-state index contributed by atoms with van der Waals surface area (Å²) in [5.74, 6) is 5.83. The van der Waals surface area contributed by atoms with Crippen LogP contribution in [0, 0.1) is 11.8 Å². The number of hydrogen-bond donors (Lipinski definition) is 1. The van der Waals surface area contributed by atoms with Crippen LogP contribution in [0.15, 0.2) is 54.6 Å². The Bertz CT molecular complexity index is 576. The Morgan fingerprint density at radius 3 is 2.16 bits per heavy atom. The Morgan fingerprint density at radius 1 is 0.947 bits per heavy atom. The Kier molecular flexibility index (Phi) is 4.22. The van der Waals surface area contributed by atoms with Gasteiger partial charge in [0.15, 0.2) is 0 Å². The van der Waals surface area contributed by atoms with Crippen molar-refractivity contribution in [1.29, 1.82) is 0 Å². The maximum Gasteiger partial charge on any atom is 0.140 e. The number of nitrogens with zero attached hydrogens (tertiary/aromatic N) is 1. The summed E-state index contributed by atoms with van der Waals surface area (Å²) in [4.78, 5) is 2.02. The van der Waals surface area contributed by atoms with E-state index in [1.807, 2.05) is 73.6 Å². The molecule has 0 aliphatic carbocycles. The fourth-order valence-corrected chi connectivity index (χ4v) is 1.71. The number of anilines is 1. The molecule has 0 heterocycles. The molecule has 0 aromatic heterocycles. The molecule has 96 valence electrons. The molecule has 0 aliphatic heterocycles. The maximum atomic E-state index is 10.0. The summed E-state index contributed by atoms with van der Waals surface area (Å²) in [6.07, 6.45) is -0.753. The highest BCUT2D eigenvalue weighted by Gasteiger charge is 2.03. The van der Waals surface area contributed by atoms with Crippen molar-refractivity contribution in [3.63, 3.8) is 0 Å². The van der Waals surface area contributed by atoms with Crippen LogP contribution in [0.1, 0.15) is 17.2 Å². The van der Waals surface area contributed by atoms with Crippen LogP contribution in [0.3, 0.4) is 0 Å². The zero-order valence-electron chi connectivity index (χ0n) is 11.2. The minimum atomic E-state index is -0.753. The van der Waals surface area contributed by atoms with Crippen LogP contribution in [0.25, 0.3) is 0 Å². The molecule has 2 rings (SSSR count). The van der Waals surface area contributed by atoms with Crippen LogP contribution >= 0.6 is 0 Å². The lowest BCUT2D eigenvalue weighted by atomic mass is 10.1. The van der Waals surface area contributed by atoms with Gasteiger partial charge in [0.05, 0.1) is 0 Å². The zero-order valence-corrected chi connectivity index (χ0v) is 11.2. The van der Waals surface area contributed by atoms with Crippen molar-refractivity contribution in [2.75, 3.05) is 19.0 Å². The van der Waals surface area contributed by atoms with Crippen molar-refractivity contribution in [3.8, 4) is 11.8 Å². The molecule has 2 heteroatoms. The monoisotopic (exact) mass is 251 g/mol. The summed E-state index contributed by atoms with van der Waals surface area (Å²) in [6.45, 7) is 0. The summed E-state index contributed by atoms with van der Waals surface area (Å²) in [7, 11) is 3.97. The Morgan fingerprint density at radius 2 is 1.58 bits per heavy atom. The fourth-order valence-electron chi connectivity index (χ4n) is 1.71. The second-order valence-corrected chi connectivity index (χ2v) is 4.52. The van der Waals surface area contributed by atoms with Crippen molar-refractivity contribution in [3.05, 3.63) is 65.7 Å². The summed E-state index contributed by atoms with van der Waals surface area (Å²) >= 11 is 0. The van der Waals surface area contributed by atoms with Gasteiger partial charge in [-0.25, -0.2) is 0 Å². The van der Waals surface area contributed by atoms with Gasteiger partial charge >= 0.3 is 0 Å². The molecule has 1 atom stereocenters. The first-order chi connectivity index (χ1) is 9.16. The predicted molar refractivity (Wildman–Crippen MR) is 79.0 cm³/mol. The Hall–Kier alpha value is -2.24. The fraction of sp³-hybridized carbons (Fsp3) is 0.176. The highest BCUT2D eigenvalue weighted by Crippen LogP contribution is 2.17. The molecule has 2 nitrogen and oxygen atoms in total. The standard InChI is InChI=1S/C17H17NO/c1-18(2)16-11-9-15(10-12-16)17(19)13-8-14-6-4-3-5-7-14/h3-7,9-12,17,19H,1-2H3/t17-/m0/s1. The summed E-state index contributed by atoms with van der Waals surface area (Å²) in [6, 6.07) is 17.4. The molecule has 0 amide bonds.